The fourth-order valence-corrected chi connectivity index (χ4v) is 1.76. The van der Waals surface area contributed by atoms with E-state index in [9.17, 15) is 5.11 Å². The Morgan fingerprint density at radius 2 is 2.17 bits per heavy atom. The van der Waals surface area contributed by atoms with Crippen molar-refractivity contribution in [3.63, 3.8) is 0 Å². The highest BCUT2D eigenvalue weighted by Crippen LogP contribution is 2.33. The van der Waals surface area contributed by atoms with Gasteiger partial charge in [0.1, 0.15) is 11.5 Å². The Balaban J connectivity index is 3.19. The number of rotatable bonds is 2. The van der Waals surface area contributed by atoms with Crippen molar-refractivity contribution in [2.45, 2.75) is 5.33 Å². The van der Waals surface area contributed by atoms with Crippen LogP contribution in [0.5, 0.6) is 11.5 Å². The highest BCUT2D eigenvalue weighted by molar-refractivity contribution is 9.10. The average Bonchev–Trinajstić information content (AvgIpc) is 2.09. The van der Waals surface area contributed by atoms with E-state index in [1.807, 2.05) is 0 Å². The van der Waals surface area contributed by atoms with E-state index in [1.165, 1.54) is 0 Å². The van der Waals surface area contributed by atoms with Gasteiger partial charge in [0.2, 0.25) is 0 Å². The van der Waals surface area contributed by atoms with Crippen molar-refractivity contribution in [2.75, 3.05) is 7.11 Å². The summed E-state index contributed by atoms with van der Waals surface area (Å²) in [5, 5.41) is 10.1. The number of aromatic hydroxyl groups is 1. The Hall–Kier alpha value is -0.220. The highest BCUT2D eigenvalue weighted by Gasteiger charge is 2.06. The van der Waals surface area contributed by atoms with Crippen molar-refractivity contribution in [3.8, 4) is 11.5 Å². The number of hydrogen-bond acceptors (Lipinski definition) is 2. The summed E-state index contributed by atoms with van der Waals surface area (Å²) in [4.78, 5) is 0. The van der Waals surface area contributed by atoms with E-state index < -0.39 is 0 Å². The summed E-state index contributed by atoms with van der Waals surface area (Å²) in [7, 11) is 1.59. The second-order valence-corrected chi connectivity index (χ2v) is 3.67. The summed E-state index contributed by atoms with van der Waals surface area (Å²) in [5.41, 5.74) is 0.807. The molecule has 0 radical (unpaired) electrons. The molecule has 0 aliphatic carbocycles. The van der Waals surface area contributed by atoms with Crippen molar-refractivity contribution >= 4 is 31.9 Å². The molecule has 0 atom stereocenters. The van der Waals surface area contributed by atoms with Crippen LogP contribution in [-0.2, 0) is 5.33 Å². The number of alkyl halides is 1. The maximum Gasteiger partial charge on any atom is 0.134 e. The molecule has 0 unspecified atom stereocenters. The number of hydrogen-bond donors (Lipinski definition) is 1. The molecule has 0 aliphatic rings. The first-order valence-corrected chi connectivity index (χ1v) is 5.21. The van der Waals surface area contributed by atoms with Gasteiger partial charge >= 0.3 is 0 Å². The molecule has 0 heterocycles. The maximum atomic E-state index is 9.49. The van der Waals surface area contributed by atoms with Crippen LogP contribution < -0.4 is 4.74 Å². The minimum absolute atomic E-state index is 0.257. The van der Waals surface area contributed by atoms with E-state index in [4.69, 9.17) is 4.74 Å². The van der Waals surface area contributed by atoms with E-state index in [0.29, 0.717) is 9.80 Å². The van der Waals surface area contributed by atoms with Gasteiger partial charge in [0, 0.05) is 10.9 Å². The van der Waals surface area contributed by atoms with Gasteiger partial charge < -0.3 is 9.84 Å². The second-order valence-electron chi connectivity index (χ2n) is 2.25. The van der Waals surface area contributed by atoms with Crippen molar-refractivity contribution in [1.82, 2.24) is 0 Å². The topological polar surface area (TPSA) is 29.5 Å². The largest absolute Gasteiger partial charge is 0.506 e. The Kier molecular flexibility index (Phi) is 3.40. The van der Waals surface area contributed by atoms with E-state index in [0.717, 1.165) is 11.3 Å². The Bertz CT molecular complexity index is 287. The summed E-state index contributed by atoms with van der Waals surface area (Å²) in [6.07, 6.45) is 0. The van der Waals surface area contributed by atoms with E-state index in [1.54, 1.807) is 19.2 Å². The number of methoxy groups -OCH3 is 1. The summed E-state index contributed by atoms with van der Waals surface area (Å²) in [6, 6.07) is 3.51. The van der Waals surface area contributed by atoms with E-state index in [-0.39, 0.29) is 5.75 Å². The van der Waals surface area contributed by atoms with E-state index >= 15 is 0 Å². The standard InChI is InChI=1S/C8H8Br2O2/c1-12-6-2-5(4-9)8(11)7(10)3-6/h2-3,11H,4H2,1H3. The molecule has 0 saturated carbocycles. The molecular weight excluding hydrogens is 288 g/mol. The molecule has 0 spiro atoms. The molecule has 0 aliphatic heterocycles. The molecule has 1 aromatic carbocycles. The van der Waals surface area contributed by atoms with Crippen LogP contribution >= 0.6 is 31.9 Å². The first-order valence-electron chi connectivity index (χ1n) is 3.30. The molecule has 2 nitrogen and oxygen atoms in total. The molecule has 0 saturated heterocycles. The van der Waals surface area contributed by atoms with Crippen LogP contribution in [0.1, 0.15) is 5.56 Å². The van der Waals surface area contributed by atoms with Crippen LogP contribution in [0.2, 0.25) is 0 Å². The van der Waals surface area contributed by atoms with Gasteiger partial charge in [0.15, 0.2) is 0 Å². The van der Waals surface area contributed by atoms with Gasteiger partial charge in [-0.1, -0.05) is 15.9 Å². The number of ether oxygens (including phenoxy) is 1. The van der Waals surface area contributed by atoms with Gasteiger partial charge in [-0.3, -0.25) is 0 Å². The minimum Gasteiger partial charge on any atom is -0.506 e. The molecule has 1 N–H and O–H groups in total. The molecule has 0 aromatic heterocycles. The zero-order valence-corrected chi connectivity index (χ0v) is 9.65. The summed E-state index contributed by atoms with van der Waals surface area (Å²) in [5.74, 6) is 0.988. The lowest BCUT2D eigenvalue weighted by Crippen LogP contribution is -1.86. The third kappa shape index (κ3) is 1.93. The third-order valence-corrected chi connectivity index (χ3v) is 2.70. The number of phenols is 1. The first kappa shape index (κ1) is 9.86. The highest BCUT2D eigenvalue weighted by atomic mass is 79.9. The molecule has 0 bridgehead atoms. The zero-order valence-electron chi connectivity index (χ0n) is 6.47. The lowest BCUT2D eigenvalue weighted by molar-refractivity contribution is 0.410. The Labute approximate surface area is 87.8 Å². The van der Waals surface area contributed by atoms with Gasteiger partial charge in [-0.2, -0.15) is 0 Å². The monoisotopic (exact) mass is 294 g/mol. The predicted octanol–water partition coefficient (Wildman–Crippen LogP) is 3.06. The van der Waals surface area contributed by atoms with Gasteiger partial charge in [-0.05, 0) is 28.1 Å². The fraction of sp³-hybridized carbons (Fsp3) is 0.250. The first-order chi connectivity index (χ1) is 5.69. The van der Waals surface area contributed by atoms with Gasteiger partial charge in [-0.25, -0.2) is 0 Å². The fourth-order valence-electron chi connectivity index (χ4n) is 0.848. The van der Waals surface area contributed by atoms with Gasteiger partial charge in [0.05, 0.1) is 11.6 Å². The normalized spacial score (nSPS) is 9.92. The van der Waals surface area contributed by atoms with Crippen molar-refractivity contribution in [1.29, 1.82) is 0 Å². The number of phenolic OH excluding ortho intramolecular Hbond substituents is 1. The van der Waals surface area contributed by atoms with Crippen LogP contribution in [0.15, 0.2) is 16.6 Å². The molecule has 0 amide bonds. The Morgan fingerprint density at radius 1 is 1.50 bits per heavy atom. The minimum atomic E-state index is 0.257. The zero-order chi connectivity index (χ0) is 9.14. The van der Waals surface area contributed by atoms with Crippen LogP contribution in [0.3, 0.4) is 0 Å². The summed E-state index contributed by atoms with van der Waals surface area (Å²) >= 11 is 6.50. The quantitative estimate of drug-likeness (QED) is 0.850. The third-order valence-electron chi connectivity index (χ3n) is 1.50. The predicted molar refractivity (Wildman–Crippen MR) is 55.0 cm³/mol. The second kappa shape index (κ2) is 4.14. The van der Waals surface area contributed by atoms with Crippen LogP contribution in [0.4, 0.5) is 0 Å². The molecule has 0 fully saturated rings. The molecule has 1 aromatic rings. The molecule has 66 valence electrons. The number of halogens is 2. The van der Waals surface area contributed by atoms with Crippen LogP contribution in [0.25, 0.3) is 0 Å². The molecule has 1 rings (SSSR count). The van der Waals surface area contributed by atoms with Gasteiger partial charge in [-0.15, -0.1) is 0 Å². The molecule has 12 heavy (non-hydrogen) atoms. The SMILES string of the molecule is COc1cc(Br)c(O)c(CBr)c1. The summed E-state index contributed by atoms with van der Waals surface area (Å²) in [6.45, 7) is 0. The van der Waals surface area contributed by atoms with Crippen LogP contribution in [-0.4, -0.2) is 12.2 Å². The lowest BCUT2D eigenvalue weighted by atomic mass is 10.2. The maximum absolute atomic E-state index is 9.49. The van der Waals surface area contributed by atoms with Crippen molar-refractivity contribution in [3.05, 3.63) is 22.2 Å². The smallest absolute Gasteiger partial charge is 0.134 e. The lowest BCUT2D eigenvalue weighted by Gasteiger charge is -2.06. The van der Waals surface area contributed by atoms with Crippen molar-refractivity contribution < 1.29 is 9.84 Å². The summed E-state index contributed by atoms with van der Waals surface area (Å²) < 4.78 is 5.68. The number of benzene rings is 1. The van der Waals surface area contributed by atoms with Crippen molar-refractivity contribution in [2.24, 2.45) is 0 Å². The average molecular weight is 296 g/mol. The molecular formula is C8H8Br2O2. The Morgan fingerprint density at radius 3 is 2.67 bits per heavy atom. The van der Waals surface area contributed by atoms with Gasteiger partial charge in [0.25, 0.3) is 0 Å². The van der Waals surface area contributed by atoms with E-state index in [2.05, 4.69) is 31.9 Å². The molecule has 4 heteroatoms. The van der Waals surface area contributed by atoms with Crippen LogP contribution in [0, 0.1) is 0 Å².